The van der Waals surface area contributed by atoms with Gasteiger partial charge in [-0.15, -0.1) is 0 Å². The smallest absolute Gasteiger partial charge is 0.350 e. The highest BCUT2D eigenvalue weighted by Gasteiger charge is 2.11. The summed E-state index contributed by atoms with van der Waals surface area (Å²) in [7, 11) is 3.84. The van der Waals surface area contributed by atoms with Crippen molar-refractivity contribution in [3.63, 3.8) is 0 Å². The van der Waals surface area contributed by atoms with Gasteiger partial charge in [-0.3, -0.25) is 0 Å². The number of hydrogen-bond donors (Lipinski definition) is 1. The molecule has 2 aromatic rings. The SMILES string of the molecule is CCC[n+]1cc(Br)ccc1N=Nc1ccc(N(C)C)cc1O. The fourth-order valence-corrected chi connectivity index (χ4v) is 2.38. The summed E-state index contributed by atoms with van der Waals surface area (Å²) in [4.78, 5) is 1.92. The quantitative estimate of drug-likeness (QED) is 0.634. The van der Waals surface area contributed by atoms with Gasteiger partial charge in [0.05, 0.1) is 16.1 Å². The number of aryl methyl sites for hydroxylation is 1. The fraction of sp³-hybridized carbons (Fsp3) is 0.312. The van der Waals surface area contributed by atoms with Gasteiger partial charge in [-0.25, -0.2) is 4.57 Å². The Balaban J connectivity index is 2.29. The number of aromatic nitrogens is 1. The van der Waals surface area contributed by atoms with E-state index in [9.17, 15) is 5.11 Å². The van der Waals surface area contributed by atoms with Gasteiger partial charge in [0.25, 0.3) is 0 Å². The number of phenolic OH excluding ortho intramolecular Hbond substituents is 1. The van der Waals surface area contributed by atoms with Crippen molar-refractivity contribution in [3.8, 4) is 5.75 Å². The lowest BCUT2D eigenvalue weighted by Crippen LogP contribution is -2.33. The molecule has 0 atom stereocenters. The minimum absolute atomic E-state index is 0.120. The zero-order valence-corrected chi connectivity index (χ0v) is 14.6. The van der Waals surface area contributed by atoms with Gasteiger partial charge in [0.1, 0.15) is 11.9 Å². The molecule has 1 aromatic carbocycles. The first-order chi connectivity index (χ1) is 10.5. The third-order valence-electron chi connectivity index (χ3n) is 3.17. The maximum atomic E-state index is 10.0. The molecular formula is C16H20BrN4O+. The van der Waals surface area contributed by atoms with E-state index in [0.717, 1.165) is 28.9 Å². The zero-order chi connectivity index (χ0) is 16.1. The summed E-state index contributed by atoms with van der Waals surface area (Å²) in [6, 6.07) is 9.16. The van der Waals surface area contributed by atoms with E-state index in [4.69, 9.17) is 0 Å². The Hall–Kier alpha value is -1.95. The van der Waals surface area contributed by atoms with Gasteiger partial charge in [-0.1, -0.05) is 6.92 Å². The van der Waals surface area contributed by atoms with Gasteiger partial charge in [0.15, 0.2) is 5.69 Å². The van der Waals surface area contributed by atoms with Crippen LogP contribution in [0.4, 0.5) is 17.2 Å². The Morgan fingerprint density at radius 3 is 2.59 bits per heavy atom. The molecule has 0 aliphatic heterocycles. The average molecular weight is 364 g/mol. The maximum Gasteiger partial charge on any atom is 0.350 e. The van der Waals surface area contributed by atoms with Crippen molar-refractivity contribution < 1.29 is 9.67 Å². The van der Waals surface area contributed by atoms with Gasteiger partial charge in [-0.2, -0.15) is 0 Å². The van der Waals surface area contributed by atoms with E-state index < -0.39 is 0 Å². The Morgan fingerprint density at radius 1 is 1.18 bits per heavy atom. The first-order valence-electron chi connectivity index (χ1n) is 7.12. The summed E-state index contributed by atoms with van der Waals surface area (Å²) in [5.41, 5.74) is 1.37. The molecule has 0 fully saturated rings. The van der Waals surface area contributed by atoms with Crippen LogP contribution in [-0.4, -0.2) is 19.2 Å². The Kier molecular flexibility index (Phi) is 5.49. The normalized spacial score (nSPS) is 11.1. The van der Waals surface area contributed by atoms with Crippen LogP contribution in [0.3, 0.4) is 0 Å². The second kappa shape index (κ2) is 7.35. The van der Waals surface area contributed by atoms with E-state index in [-0.39, 0.29) is 5.75 Å². The number of benzene rings is 1. The Morgan fingerprint density at radius 2 is 1.95 bits per heavy atom. The summed E-state index contributed by atoms with van der Waals surface area (Å²) in [6.45, 7) is 2.97. The highest BCUT2D eigenvalue weighted by Crippen LogP contribution is 2.31. The number of hydrogen-bond acceptors (Lipinski definition) is 4. The van der Waals surface area contributed by atoms with Crippen molar-refractivity contribution in [1.82, 2.24) is 0 Å². The molecule has 0 saturated carbocycles. The van der Waals surface area contributed by atoms with E-state index in [2.05, 4.69) is 33.1 Å². The second-order valence-electron chi connectivity index (χ2n) is 5.17. The lowest BCUT2D eigenvalue weighted by Gasteiger charge is -2.12. The predicted molar refractivity (Wildman–Crippen MR) is 91.2 cm³/mol. The van der Waals surface area contributed by atoms with Crippen LogP contribution >= 0.6 is 15.9 Å². The Bertz CT molecular complexity index is 686. The summed E-state index contributed by atoms with van der Waals surface area (Å²) >= 11 is 3.46. The molecule has 2 rings (SSSR count). The van der Waals surface area contributed by atoms with Crippen LogP contribution in [0.5, 0.6) is 5.75 Å². The van der Waals surface area contributed by atoms with E-state index in [1.807, 2.05) is 48.0 Å². The third kappa shape index (κ3) is 4.04. The van der Waals surface area contributed by atoms with E-state index in [0.29, 0.717) is 5.69 Å². The van der Waals surface area contributed by atoms with Crippen molar-refractivity contribution in [2.45, 2.75) is 19.9 Å². The molecule has 1 aromatic heterocycles. The standard InChI is InChI=1S/C16H19BrN4O/c1-4-9-21-11-12(17)5-8-16(21)19-18-14-7-6-13(20(2)3)10-15(14)22/h5-8,10-11H,4,9H2,1-3H3/p+1. The average Bonchev–Trinajstić information content (AvgIpc) is 2.47. The predicted octanol–water partition coefficient (Wildman–Crippen LogP) is 4.33. The van der Waals surface area contributed by atoms with Gasteiger partial charge in [-0.05, 0) is 45.7 Å². The number of phenols is 1. The van der Waals surface area contributed by atoms with Crippen molar-refractivity contribution in [1.29, 1.82) is 0 Å². The van der Waals surface area contributed by atoms with Crippen LogP contribution in [0.1, 0.15) is 13.3 Å². The number of anilines is 1. The number of pyridine rings is 1. The summed E-state index contributed by atoms with van der Waals surface area (Å²) in [6.07, 6.45) is 2.99. The number of halogens is 1. The maximum absolute atomic E-state index is 10.0. The van der Waals surface area contributed by atoms with Crippen molar-refractivity contribution in [3.05, 3.63) is 41.0 Å². The van der Waals surface area contributed by atoms with Gasteiger partial charge in [0.2, 0.25) is 0 Å². The number of aromatic hydroxyl groups is 1. The van der Waals surface area contributed by atoms with Gasteiger partial charge >= 0.3 is 5.82 Å². The molecule has 116 valence electrons. The molecule has 0 amide bonds. The summed E-state index contributed by atoms with van der Waals surface area (Å²) < 4.78 is 3.02. The molecule has 0 bridgehead atoms. The molecule has 0 unspecified atom stereocenters. The van der Waals surface area contributed by atoms with E-state index in [1.165, 1.54) is 0 Å². The first-order valence-corrected chi connectivity index (χ1v) is 7.91. The van der Waals surface area contributed by atoms with Crippen LogP contribution < -0.4 is 9.47 Å². The zero-order valence-electron chi connectivity index (χ0n) is 13.0. The van der Waals surface area contributed by atoms with E-state index >= 15 is 0 Å². The molecule has 1 heterocycles. The largest absolute Gasteiger partial charge is 0.505 e. The van der Waals surface area contributed by atoms with Crippen molar-refractivity contribution >= 4 is 33.1 Å². The lowest BCUT2D eigenvalue weighted by atomic mass is 10.2. The highest BCUT2D eigenvalue weighted by molar-refractivity contribution is 9.10. The number of nitrogens with zero attached hydrogens (tertiary/aromatic N) is 4. The van der Waals surface area contributed by atoms with Crippen LogP contribution in [-0.2, 0) is 6.54 Å². The minimum atomic E-state index is 0.120. The van der Waals surface area contributed by atoms with Gasteiger partial charge < -0.3 is 10.0 Å². The molecule has 0 aliphatic carbocycles. The molecule has 0 saturated heterocycles. The van der Waals surface area contributed by atoms with Crippen LogP contribution in [0, 0.1) is 0 Å². The Labute approximate surface area is 139 Å². The number of rotatable bonds is 5. The van der Waals surface area contributed by atoms with Gasteiger partial charge in [0, 0.05) is 31.9 Å². The lowest BCUT2D eigenvalue weighted by molar-refractivity contribution is -0.685. The van der Waals surface area contributed by atoms with Crippen LogP contribution in [0.2, 0.25) is 0 Å². The summed E-state index contributed by atoms with van der Waals surface area (Å²) in [5, 5.41) is 18.5. The molecule has 0 radical (unpaired) electrons. The minimum Gasteiger partial charge on any atom is -0.505 e. The fourth-order valence-electron chi connectivity index (χ4n) is 2.00. The molecule has 0 spiro atoms. The second-order valence-corrected chi connectivity index (χ2v) is 6.08. The first kappa shape index (κ1) is 16.4. The monoisotopic (exact) mass is 363 g/mol. The van der Waals surface area contributed by atoms with Crippen LogP contribution in [0.25, 0.3) is 0 Å². The molecule has 1 N–H and O–H groups in total. The topological polar surface area (TPSA) is 52.1 Å². The molecule has 22 heavy (non-hydrogen) atoms. The molecular weight excluding hydrogens is 344 g/mol. The number of azo groups is 1. The van der Waals surface area contributed by atoms with Crippen molar-refractivity contribution in [2.24, 2.45) is 10.2 Å². The molecule has 6 heteroatoms. The van der Waals surface area contributed by atoms with Crippen molar-refractivity contribution in [2.75, 3.05) is 19.0 Å². The van der Waals surface area contributed by atoms with Crippen LogP contribution in [0.15, 0.2) is 51.2 Å². The third-order valence-corrected chi connectivity index (χ3v) is 3.63. The highest BCUT2D eigenvalue weighted by atomic mass is 79.9. The summed E-state index contributed by atoms with van der Waals surface area (Å²) in [5.74, 6) is 0.871. The molecule has 5 nitrogen and oxygen atoms in total. The van der Waals surface area contributed by atoms with E-state index in [1.54, 1.807) is 12.1 Å². The molecule has 0 aliphatic rings.